The van der Waals surface area contributed by atoms with Gasteiger partial charge in [0.1, 0.15) is 23.9 Å². The van der Waals surface area contributed by atoms with Crippen LogP contribution in [0.1, 0.15) is 24.4 Å². The summed E-state index contributed by atoms with van der Waals surface area (Å²) in [6.07, 6.45) is 1.84. The number of carbonyl (C=O) groups is 2. The minimum atomic E-state index is -0.943. The van der Waals surface area contributed by atoms with Gasteiger partial charge in [-0.3, -0.25) is 14.5 Å². The number of aromatic nitrogens is 3. The summed E-state index contributed by atoms with van der Waals surface area (Å²) in [6.45, 7) is 0.963. The third-order valence-electron chi connectivity index (χ3n) is 6.47. The molecule has 0 radical (unpaired) electrons. The molecule has 1 aliphatic heterocycles. The fourth-order valence-electron chi connectivity index (χ4n) is 4.65. The largest absolute Gasteiger partial charge is 0.495 e. The van der Waals surface area contributed by atoms with Gasteiger partial charge in [0.15, 0.2) is 0 Å². The number of rotatable bonds is 9. The highest BCUT2D eigenvalue weighted by molar-refractivity contribution is 6.02. The molecule has 1 aromatic heterocycles. The van der Waals surface area contributed by atoms with Crippen LogP contribution in [0.2, 0.25) is 0 Å². The van der Waals surface area contributed by atoms with Crippen molar-refractivity contribution in [2.75, 3.05) is 25.2 Å². The molecule has 1 aliphatic rings. The number of amides is 2. The molecule has 0 saturated carbocycles. The van der Waals surface area contributed by atoms with E-state index < -0.39 is 6.04 Å². The van der Waals surface area contributed by atoms with Crippen molar-refractivity contribution in [2.45, 2.75) is 31.5 Å². The minimum absolute atomic E-state index is 0.0303. The number of carbonyl (C=O) groups excluding carboxylic acids is 2. The maximum Gasteiger partial charge on any atom is 0.249 e. The molecule has 0 spiro atoms. The van der Waals surface area contributed by atoms with Gasteiger partial charge in [-0.2, -0.15) is 0 Å². The van der Waals surface area contributed by atoms with E-state index in [0.29, 0.717) is 35.7 Å². The lowest BCUT2D eigenvalue weighted by Crippen LogP contribution is -2.46. The number of nitrogens with one attached hydrogen (secondary N) is 1. The molecule has 4 aromatic rings. The average Bonchev–Trinajstić information content (AvgIpc) is 3.61. The molecule has 9 nitrogen and oxygen atoms in total. The zero-order valence-corrected chi connectivity index (χ0v) is 20.6. The quantitative estimate of drug-likeness (QED) is 0.379. The Kier molecular flexibility index (Phi) is 7.41. The van der Waals surface area contributed by atoms with Gasteiger partial charge < -0.3 is 14.8 Å². The van der Waals surface area contributed by atoms with E-state index in [9.17, 15) is 9.59 Å². The van der Waals surface area contributed by atoms with Crippen molar-refractivity contribution in [3.63, 3.8) is 0 Å². The van der Waals surface area contributed by atoms with Crippen LogP contribution < -0.4 is 15.0 Å². The van der Waals surface area contributed by atoms with E-state index in [1.54, 1.807) is 23.9 Å². The smallest absolute Gasteiger partial charge is 0.249 e. The highest BCUT2D eigenvalue weighted by Gasteiger charge is 2.35. The number of ether oxygens (including phenoxy) is 2. The van der Waals surface area contributed by atoms with E-state index in [2.05, 4.69) is 15.6 Å². The average molecular weight is 500 g/mol. The van der Waals surface area contributed by atoms with Crippen LogP contribution in [0, 0.1) is 0 Å². The summed E-state index contributed by atoms with van der Waals surface area (Å²) >= 11 is 0. The molecule has 0 bridgehead atoms. The van der Waals surface area contributed by atoms with Crippen molar-refractivity contribution < 1.29 is 19.1 Å². The first-order chi connectivity index (χ1) is 18.2. The maximum atomic E-state index is 14.1. The van der Waals surface area contributed by atoms with Crippen LogP contribution in [-0.2, 0) is 20.9 Å². The summed E-state index contributed by atoms with van der Waals surface area (Å²) in [5.74, 6) is -0.155. The molecular formula is C28H29N5O4. The molecule has 2 amide bonds. The topological polar surface area (TPSA) is 98.6 Å². The van der Waals surface area contributed by atoms with Crippen molar-refractivity contribution in [1.82, 2.24) is 20.3 Å². The van der Waals surface area contributed by atoms with Crippen LogP contribution in [0.4, 0.5) is 5.69 Å². The van der Waals surface area contributed by atoms with Gasteiger partial charge in [-0.25, -0.2) is 4.68 Å². The zero-order chi connectivity index (χ0) is 25.6. The lowest BCUT2D eigenvalue weighted by molar-refractivity contribution is -0.127. The van der Waals surface area contributed by atoms with Gasteiger partial charge in [-0.05, 0) is 42.7 Å². The number of nitrogens with zero attached hydrogens (tertiary/aromatic N) is 4. The molecule has 2 atom stereocenters. The first kappa shape index (κ1) is 24.5. The fraction of sp³-hybridized carbons (Fsp3) is 0.286. The summed E-state index contributed by atoms with van der Waals surface area (Å²) in [6, 6.07) is 23.0. The molecule has 3 aromatic carbocycles. The Balaban J connectivity index is 1.55. The van der Waals surface area contributed by atoms with Crippen molar-refractivity contribution in [3.8, 4) is 5.75 Å². The summed E-state index contributed by atoms with van der Waals surface area (Å²) in [4.78, 5) is 29.4. The third-order valence-corrected chi connectivity index (χ3v) is 6.47. The maximum absolute atomic E-state index is 14.1. The monoisotopic (exact) mass is 499 g/mol. The SMILES string of the molecule is COc1ccccc1N(C(=O)Cn1nnc2ccccc21)[C@H](C(=O)NC[C@@H]1CCCO1)c1ccccc1. The lowest BCUT2D eigenvalue weighted by atomic mass is 10.0. The first-order valence-corrected chi connectivity index (χ1v) is 12.3. The second-order valence-corrected chi connectivity index (χ2v) is 8.86. The Labute approximate surface area is 215 Å². The first-order valence-electron chi connectivity index (χ1n) is 12.3. The zero-order valence-electron chi connectivity index (χ0n) is 20.6. The molecule has 37 heavy (non-hydrogen) atoms. The van der Waals surface area contributed by atoms with Crippen LogP contribution in [0.25, 0.3) is 11.0 Å². The van der Waals surface area contributed by atoms with E-state index in [-0.39, 0.29) is 24.5 Å². The highest BCUT2D eigenvalue weighted by Crippen LogP contribution is 2.35. The van der Waals surface area contributed by atoms with Gasteiger partial charge in [-0.1, -0.05) is 59.8 Å². The van der Waals surface area contributed by atoms with Crippen molar-refractivity contribution >= 4 is 28.5 Å². The van der Waals surface area contributed by atoms with Gasteiger partial charge in [0, 0.05) is 13.2 Å². The van der Waals surface area contributed by atoms with Crippen LogP contribution in [-0.4, -0.2) is 53.2 Å². The predicted octanol–water partition coefficient (Wildman–Crippen LogP) is 3.51. The molecule has 1 fully saturated rings. The van der Waals surface area contributed by atoms with E-state index in [1.807, 2.05) is 66.7 Å². The number of para-hydroxylation sites is 3. The standard InChI is InChI=1S/C28H29N5O4/c1-36-25-16-8-7-15-24(25)33(26(34)19-32-23-14-6-5-13-22(23)30-31-32)27(20-10-3-2-4-11-20)28(35)29-18-21-12-9-17-37-21/h2-8,10-11,13-16,21,27H,9,12,17-19H2,1H3,(H,29,35)/t21-,27-/m0/s1. The van der Waals surface area contributed by atoms with Crippen molar-refractivity contribution in [1.29, 1.82) is 0 Å². The molecule has 5 rings (SSSR count). The molecule has 9 heteroatoms. The molecule has 1 N–H and O–H groups in total. The van der Waals surface area contributed by atoms with E-state index >= 15 is 0 Å². The van der Waals surface area contributed by atoms with Gasteiger partial charge in [0.25, 0.3) is 0 Å². The van der Waals surface area contributed by atoms with Crippen molar-refractivity contribution in [2.24, 2.45) is 0 Å². The molecule has 1 saturated heterocycles. The number of anilines is 1. The Morgan fingerprint density at radius 3 is 2.62 bits per heavy atom. The Bertz CT molecular complexity index is 1370. The number of fused-ring (bicyclic) bond motifs is 1. The van der Waals surface area contributed by atoms with E-state index in [0.717, 1.165) is 18.4 Å². The Hall–Kier alpha value is -4.24. The third kappa shape index (κ3) is 5.31. The summed E-state index contributed by atoms with van der Waals surface area (Å²) in [7, 11) is 1.54. The van der Waals surface area contributed by atoms with Crippen LogP contribution in [0.15, 0.2) is 78.9 Å². The van der Waals surface area contributed by atoms with Crippen LogP contribution >= 0.6 is 0 Å². The van der Waals surface area contributed by atoms with E-state index in [1.165, 1.54) is 4.90 Å². The second kappa shape index (κ2) is 11.2. The lowest BCUT2D eigenvalue weighted by Gasteiger charge is -2.32. The normalized spacial score (nSPS) is 15.9. The summed E-state index contributed by atoms with van der Waals surface area (Å²) < 4.78 is 12.9. The second-order valence-electron chi connectivity index (χ2n) is 8.86. The number of benzene rings is 3. The van der Waals surface area contributed by atoms with Gasteiger partial charge in [0.05, 0.1) is 24.4 Å². The molecule has 190 valence electrons. The summed E-state index contributed by atoms with van der Waals surface area (Å²) in [5.41, 5.74) is 2.58. The van der Waals surface area contributed by atoms with E-state index in [4.69, 9.17) is 9.47 Å². The number of hydrogen-bond donors (Lipinski definition) is 1. The minimum Gasteiger partial charge on any atom is -0.495 e. The Morgan fingerprint density at radius 2 is 1.84 bits per heavy atom. The molecular weight excluding hydrogens is 470 g/mol. The molecule has 0 aliphatic carbocycles. The molecule has 2 heterocycles. The highest BCUT2D eigenvalue weighted by atomic mass is 16.5. The number of methoxy groups -OCH3 is 1. The van der Waals surface area contributed by atoms with Gasteiger partial charge in [-0.15, -0.1) is 5.10 Å². The fourth-order valence-corrected chi connectivity index (χ4v) is 4.65. The summed E-state index contributed by atoms with van der Waals surface area (Å²) in [5, 5.41) is 11.4. The molecule has 0 unspecified atom stereocenters. The van der Waals surface area contributed by atoms with Crippen LogP contribution in [0.5, 0.6) is 5.75 Å². The Morgan fingerprint density at radius 1 is 1.08 bits per heavy atom. The van der Waals surface area contributed by atoms with Crippen molar-refractivity contribution in [3.05, 3.63) is 84.4 Å². The van der Waals surface area contributed by atoms with Gasteiger partial charge in [0.2, 0.25) is 11.8 Å². The predicted molar refractivity (Wildman–Crippen MR) is 139 cm³/mol. The van der Waals surface area contributed by atoms with Crippen LogP contribution in [0.3, 0.4) is 0 Å². The number of hydrogen-bond acceptors (Lipinski definition) is 6. The van der Waals surface area contributed by atoms with Gasteiger partial charge >= 0.3 is 0 Å².